The predicted molar refractivity (Wildman–Crippen MR) is 107 cm³/mol. The molecule has 0 bridgehead atoms. The third-order valence-electron chi connectivity index (χ3n) is 9.32. The smallest absolute Gasteiger partial charge is 0.233 e. The molecule has 6 nitrogen and oxygen atoms in total. The minimum Gasteiger partial charge on any atom is -0.233 e. The van der Waals surface area contributed by atoms with Crippen LogP contribution in [0.4, 0.5) is 0 Å². The maximum absolute atomic E-state index is 5.94. The van der Waals surface area contributed by atoms with Crippen molar-refractivity contribution in [3.05, 3.63) is 0 Å². The van der Waals surface area contributed by atoms with Gasteiger partial charge in [-0.15, -0.1) is 0 Å². The molecule has 0 N–H and O–H groups in total. The highest BCUT2D eigenvalue weighted by molar-refractivity contribution is 4.88. The van der Waals surface area contributed by atoms with Gasteiger partial charge in [-0.3, -0.25) is 0 Å². The van der Waals surface area contributed by atoms with Crippen molar-refractivity contribution in [3.63, 3.8) is 0 Å². The van der Waals surface area contributed by atoms with Gasteiger partial charge in [-0.05, 0) is 101 Å². The van der Waals surface area contributed by atoms with Crippen LogP contribution in [0.5, 0.6) is 0 Å². The Bertz CT molecular complexity index is 515. The van der Waals surface area contributed by atoms with E-state index in [1.54, 1.807) is 0 Å². The predicted octanol–water partition coefficient (Wildman–Crippen LogP) is 5.75. The van der Waals surface area contributed by atoms with Gasteiger partial charge >= 0.3 is 0 Å². The van der Waals surface area contributed by atoms with Crippen molar-refractivity contribution in [1.82, 2.24) is 0 Å². The van der Waals surface area contributed by atoms with E-state index in [0.29, 0.717) is 12.2 Å². The first kappa shape index (κ1) is 20.4. The second kappa shape index (κ2) is 8.27. The molecular weight excluding hydrogens is 384 g/mol. The zero-order valence-electron chi connectivity index (χ0n) is 18.2. The van der Waals surface area contributed by atoms with Crippen LogP contribution in [-0.4, -0.2) is 23.8 Å². The Labute approximate surface area is 180 Å². The lowest BCUT2D eigenvalue weighted by molar-refractivity contribution is -0.360. The van der Waals surface area contributed by atoms with Crippen molar-refractivity contribution >= 4 is 0 Å². The maximum atomic E-state index is 5.94. The molecule has 170 valence electrons. The Balaban J connectivity index is 0.866. The first-order chi connectivity index (χ1) is 14.7. The quantitative estimate of drug-likeness (QED) is 0.319. The third-order valence-corrected chi connectivity index (χ3v) is 9.32. The van der Waals surface area contributed by atoms with Gasteiger partial charge in [0.2, 0.25) is 11.6 Å². The molecule has 2 heterocycles. The van der Waals surface area contributed by atoms with Crippen molar-refractivity contribution in [2.24, 2.45) is 23.7 Å². The van der Waals surface area contributed by atoms with Crippen LogP contribution in [0.25, 0.3) is 0 Å². The average molecular weight is 423 g/mol. The molecule has 4 aliphatic carbocycles. The van der Waals surface area contributed by atoms with Crippen LogP contribution in [0.2, 0.25) is 0 Å². The number of hydrogen-bond donors (Lipinski definition) is 0. The van der Waals surface area contributed by atoms with Gasteiger partial charge in [0, 0.05) is 25.7 Å². The van der Waals surface area contributed by atoms with Gasteiger partial charge in [-0.1, -0.05) is 0 Å². The topological polar surface area (TPSA) is 68.6 Å². The standard InChI is InChI=1S/C24H38O6/c1-5-21(6-2-17(1)19-9-13-23(14-10-19)27-28-23)25-26-22-7-3-18(4-8-22)20-11-15-24(16-12-20)29-30-24/h17-22H,1-16H2. The normalized spacial score (nSPS) is 43.0. The lowest BCUT2D eigenvalue weighted by atomic mass is 9.72. The van der Waals surface area contributed by atoms with Crippen molar-refractivity contribution < 1.29 is 29.3 Å². The van der Waals surface area contributed by atoms with Crippen LogP contribution in [0, 0.1) is 23.7 Å². The van der Waals surface area contributed by atoms with Crippen LogP contribution in [-0.2, 0) is 29.3 Å². The monoisotopic (exact) mass is 422 g/mol. The lowest BCUT2D eigenvalue weighted by Gasteiger charge is -2.37. The van der Waals surface area contributed by atoms with Gasteiger partial charge in [0.1, 0.15) is 0 Å². The van der Waals surface area contributed by atoms with Crippen molar-refractivity contribution in [2.45, 2.75) is 127 Å². The van der Waals surface area contributed by atoms with Crippen molar-refractivity contribution in [2.75, 3.05) is 0 Å². The Kier molecular flexibility index (Phi) is 5.62. The van der Waals surface area contributed by atoms with Gasteiger partial charge in [0.25, 0.3) is 0 Å². The summed E-state index contributed by atoms with van der Waals surface area (Å²) in [4.78, 5) is 32.6. The van der Waals surface area contributed by atoms with E-state index in [4.69, 9.17) is 29.3 Å². The zero-order chi connectivity index (χ0) is 20.0. The highest BCUT2D eigenvalue weighted by Crippen LogP contribution is 2.50. The van der Waals surface area contributed by atoms with Crippen LogP contribution < -0.4 is 0 Å². The molecular formula is C24H38O6. The van der Waals surface area contributed by atoms with E-state index in [2.05, 4.69) is 0 Å². The fourth-order valence-corrected chi connectivity index (χ4v) is 7.02. The first-order valence-electron chi connectivity index (χ1n) is 12.8. The third kappa shape index (κ3) is 4.46. The van der Waals surface area contributed by atoms with Gasteiger partial charge in [-0.2, -0.15) is 19.6 Å². The molecule has 0 aromatic carbocycles. The fourth-order valence-electron chi connectivity index (χ4n) is 7.02. The fraction of sp³-hybridized carbons (Fsp3) is 1.00. The summed E-state index contributed by atoms with van der Waals surface area (Å²) >= 11 is 0. The van der Waals surface area contributed by atoms with Crippen LogP contribution >= 0.6 is 0 Å². The number of hydrogen-bond acceptors (Lipinski definition) is 6. The second-order valence-electron chi connectivity index (χ2n) is 11.1. The molecule has 6 heteroatoms. The highest BCUT2D eigenvalue weighted by atomic mass is 17.4. The van der Waals surface area contributed by atoms with Gasteiger partial charge in [-0.25, -0.2) is 9.78 Å². The van der Waals surface area contributed by atoms with Crippen molar-refractivity contribution in [3.8, 4) is 0 Å². The summed E-state index contributed by atoms with van der Waals surface area (Å²) in [6.45, 7) is 0. The molecule has 0 amide bonds. The van der Waals surface area contributed by atoms with E-state index in [1.807, 2.05) is 0 Å². The highest BCUT2D eigenvalue weighted by Gasteiger charge is 2.52. The molecule has 2 saturated heterocycles. The van der Waals surface area contributed by atoms with Crippen molar-refractivity contribution in [1.29, 1.82) is 0 Å². The molecule has 6 aliphatic rings. The Morgan fingerprint density at radius 3 is 1.00 bits per heavy atom. The molecule has 2 aliphatic heterocycles. The summed E-state index contributed by atoms with van der Waals surface area (Å²) in [5.74, 6) is 3.10. The van der Waals surface area contributed by atoms with E-state index in [1.165, 1.54) is 51.4 Å². The number of rotatable bonds is 5. The molecule has 6 rings (SSSR count). The minimum absolute atomic E-state index is 0.164. The van der Waals surface area contributed by atoms with E-state index >= 15 is 0 Å². The Morgan fingerprint density at radius 2 is 0.700 bits per heavy atom. The van der Waals surface area contributed by atoms with E-state index in [0.717, 1.165) is 75.0 Å². The molecule has 0 unspecified atom stereocenters. The summed E-state index contributed by atoms with van der Waals surface area (Å²) in [7, 11) is 0. The lowest BCUT2D eigenvalue weighted by Crippen LogP contribution is -2.33. The maximum Gasteiger partial charge on any atom is 0.234 e. The molecule has 30 heavy (non-hydrogen) atoms. The molecule has 0 aromatic rings. The largest absolute Gasteiger partial charge is 0.234 e. The summed E-state index contributed by atoms with van der Waals surface area (Å²) in [6, 6.07) is 0. The Morgan fingerprint density at radius 1 is 0.400 bits per heavy atom. The summed E-state index contributed by atoms with van der Waals surface area (Å²) in [6.07, 6.45) is 19.8. The molecule has 2 spiro atoms. The van der Waals surface area contributed by atoms with E-state index in [-0.39, 0.29) is 11.6 Å². The van der Waals surface area contributed by atoms with Crippen LogP contribution in [0.15, 0.2) is 0 Å². The van der Waals surface area contributed by atoms with Crippen LogP contribution in [0.3, 0.4) is 0 Å². The average Bonchev–Trinajstić information content (AvgIpc) is 3.74. The van der Waals surface area contributed by atoms with Gasteiger partial charge in [0.15, 0.2) is 0 Å². The summed E-state index contributed by atoms with van der Waals surface area (Å²) < 4.78 is 0. The molecule has 6 fully saturated rings. The summed E-state index contributed by atoms with van der Waals surface area (Å²) in [5, 5.41) is 0. The minimum atomic E-state index is -0.164. The first-order valence-corrected chi connectivity index (χ1v) is 12.8. The molecule has 0 radical (unpaired) electrons. The molecule has 0 aromatic heterocycles. The van der Waals surface area contributed by atoms with Gasteiger partial charge < -0.3 is 0 Å². The second-order valence-corrected chi connectivity index (χ2v) is 11.1. The van der Waals surface area contributed by atoms with E-state index in [9.17, 15) is 0 Å². The molecule has 4 saturated carbocycles. The summed E-state index contributed by atoms with van der Waals surface area (Å²) in [5.41, 5.74) is 0. The van der Waals surface area contributed by atoms with Crippen LogP contribution in [0.1, 0.15) is 103 Å². The SMILES string of the molecule is C1CC(C2CCC3(CC2)OO3)CCC1OOC1CCC(C2CCC3(CC2)OO3)CC1. The van der Waals surface area contributed by atoms with E-state index < -0.39 is 0 Å². The Hall–Kier alpha value is -0.240. The van der Waals surface area contributed by atoms with Gasteiger partial charge in [0.05, 0.1) is 12.2 Å². The molecule has 0 atom stereocenters. The zero-order valence-corrected chi connectivity index (χ0v) is 18.2.